The molecule has 1 aliphatic carbocycles. The highest BCUT2D eigenvalue weighted by atomic mass is 16.3. The molecule has 1 N–H and O–H groups in total. The van der Waals surface area contributed by atoms with Crippen LogP contribution in [0.5, 0.6) is 0 Å². The summed E-state index contributed by atoms with van der Waals surface area (Å²) in [6, 6.07) is 4.02. The summed E-state index contributed by atoms with van der Waals surface area (Å²) in [5.41, 5.74) is 1.31. The minimum atomic E-state index is -0.930. The molecule has 4 heterocycles. The fraction of sp³-hybridized carbons (Fsp3) is 0.692. The zero-order valence-electron chi connectivity index (χ0n) is 20.9. The van der Waals surface area contributed by atoms with Gasteiger partial charge in [-0.25, -0.2) is 0 Å². The molecule has 2 aromatic heterocycles. The third-order valence-corrected chi connectivity index (χ3v) is 8.12. The van der Waals surface area contributed by atoms with Crippen molar-refractivity contribution >= 4 is 22.9 Å². The summed E-state index contributed by atoms with van der Waals surface area (Å²) in [4.78, 5) is 34.2. The molecule has 8 heteroatoms. The number of nitrogens with zero attached hydrogens (tertiary/aromatic N) is 4. The maximum Gasteiger partial charge on any atom is 0.271 e. The number of nitrogens with one attached hydrogen (secondary N) is 1. The van der Waals surface area contributed by atoms with Gasteiger partial charge in [-0.3, -0.25) is 9.59 Å². The van der Waals surface area contributed by atoms with Crippen LogP contribution in [0.25, 0.3) is 11.1 Å². The minimum Gasteiger partial charge on any atom is -0.460 e. The van der Waals surface area contributed by atoms with E-state index in [4.69, 9.17) is 4.42 Å². The molecule has 1 saturated heterocycles. The lowest BCUT2D eigenvalue weighted by molar-refractivity contribution is -0.133. The summed E-state index contributed by atoms with van der Waals surface area (Å²) in [6.07, 6.45) is 6.47. The molecule has 1 saturated carbocycles. The van der Waals surface area contributed by atoms with Crippen molar-refractivity contribution < 1.29 is 14.0 Å². The minimum absolute atomic E-state index is 0.0277. The topological polar surface area (TPSA) is 74.0 Å². The largest absolute Gasteiger partial charge is 0.460 e. The van der Waals surface area contributed by atoms with Gasteiger partial charge in [-0.15, -0.1) is 0 Å². The van der Waals surface area contributed by atoms with Gasteiger partial charge >= 0.3 is 0 Å². The van der Waals surface area contributed by atoms with Crippen molar-refractivity contribution in [1.29, 1.82) is 0 Å². The second-order valence-electron chi connectivity index (χ2n) is 10.8. The molecule has 3 aliphatic rings. The predicted octanol–water partition coefficient (Wildman–Crippen LogP) is 2.84. The molecule has 0 spiro atoms. The van der Waals surface area contributed by atoms with E-state index in [9.17, 15) is 9.59 Å². The van der Waals surface area contributed by atoms with E-state index in [-0.39, 0.29) is 17.9 Å². The van der Waals surface area contributed by atoms with Gasteiger partial charge in [0, 0.05) is 50.9 Å². The van der Waals surface area contributed by atoms with Gasteiger partial charge in [0.25, 0.3) is 5.91 Å². The molecule has 0 unspecified atom stereocenters. The van der Waals surface area contributed by atoms with Crippen LogP contribution in [0.3, 0.4) is 0 Å². The fourth-order valence-electron chi connectivity index (χ4n) is 5.92. The number of aromatic nitrogens is 1. The van der Waals surface area contributed by atoms with E-state index in [1.807, 2.05) is 35.4 Å². The van der Waals surface area contributed by atoms with Crippen LogP contribution < -0.4 is 5.32 Å². The lowest BCUT2D eigenvalue weighted by atomic mass is 9.91. The van der Waals surface area contributed by atoms with Crippen LogP contribution in [0.1, 0.15) is 61.7 Å². The number of rotatable bonds is 6. The first kappa shape index (κ1) is 23.4. The van der Waals surface area contributed by atoms with E-state index in [2.05, 4.69) is 22.2 Å². The van der Waals surface area contributed by atoms with Crippen LogP contribution >= 0.6 is 0 Å². The highest BCUT2D eigenvalue weighted by molar-refractivity contribution is 6.03. The van der Waals surface area contributed by atoms with Gasteiger partial charge < -0.3 is 29.0 Å². The van der Waals surface area contributed by atoms with Gasteiger partial charge in [-0.05, 0) is 46.7 Å². The molecule has 2 aliphatic heterocycles. The number of hydrogen-bond donors (Lipinski definition) is 1. The first-order valence-corrected chi connectivity index (χ1v) is 13.0. The Labute approximate surface area is 202 Å². The van der Waals surface area contributed by atoms with Crippen molar-refractivity contribution in [3.63, 3.8) is 0 Å². The number of aryl methyl sites for hydroxylation is 1. The second-order valence-corrected chi connectivity index (χ2v) is 10.8. The Hall–Kier alpha value is -2.32. The van der Waals surface area contributed by atoms with Crippen molar-refractivity contribution in [3.05, 3.63) is 23.6 Å². The molecular formula is C26H39N5O3. The molecular weight excluding hydrogens is 430 g/mol. The van der Waals surface area contributed by atoms with Gasteiger partial charge in [0.1, 0.15) is 17.0 Å². The van der Waals surface area contributed by atoms with E-state index in [1.165, 1.54) is 6.42 Å². The molecule has 8 nitrogen and oxygen atoms in total. The van der Waals surface area contributed by atoms with E-state index >= 15 is 0 Å². The van der Waals surface area contributed by atoms with Crippen LogP contribution in [0.4, 0.5) is 0 Å². The molecule has 5 rings (SSSR count). The second kappa shape index (κ2) is 9.38. The first-order valence-electron chi connectivity index (χ1n) is 13.0. The van der Waals surface area contributed by atoms with Gasteiger partial charge in [-0.1, -0.05) is 19.3 Å². The maximum absolute atomic E-state index is 13.8. The van der Waals surface area contributed by atoms with E-state index in [0.717, 1.165) is 81.7 Å². The van der Waals surface area contributed by atoms with Crippen molar-refractivity contribution in [1.82, 2.24) is 24.6 Å². The average molecular weight is 470 g/mol. The van der Waals surface area contributed by atoms with Gasteiger partial charge in [0.2, 0.25) is 5.91 Å². The molecule has 0 bridgehead atoms. The molecule has 2 aromatic rings. The Bertz CT molecular complexity index is 1040. The SMILES string of the molecule is Cc1cc2c(cc3n2C[C@](C)(C(=O)NC2CCCCC2)N(CCCN2CCN(C)CC2)C3=O)o1. The molecule has 1 atom stereocenters. The third-order valence-electron chi connectivity index (χ3n) is 8.12. The summed E-state index contributed by atoms with van der Waals surface area (Å²) in [5.74, 6) is 0.714. The number of carbonyl (C=O) groups excluding carboxylic acids is 2. The van der Waals surface area contributed by atoms with Crippen LogP contribution in [-0.2, 0) is 11.3 Å². The zero-order valence-corrected chi connectivity index (χ0v) is 20.9. The van der Waals surface area contributed by atoms with Gasteiger partial charge in [-0.2, -0.15) is 0 Å². The molecule has 0 aromatic carbocycles. The Morgan fingerprint density at radius 3 is 2.59 bits per heavy atom. The highest BCUT2D eigenvalue weighted by Gasteiger charge is 2.48. The van der Waals surface area contributed by atoms with Crippen molar-refractivity contribution in [2.45, 2.75) is 70.5 Å². The predicted molar refractivity (Wildman–Crippen MR) is 132 cm³/mol. The Morgan fingerprint density at radius 1 is 1.12 bits per heavy atom. The summed E-state index contributed by atoms with van der Waals surface area (Å²) < 4.78 is 7.81. The summed E-state index contributed by atoms with van der Waals surface area (Å²) in [5, 5.41) is 3.32. The summed E-state index contributed by atoms with van der Waals surface area (Å²) in [6.45, 7) is 10.1. The summed E-state index contributed by atoms with van der Waals surface area (Å²) >= 11 is 0. The van der Waals surface area contributed by atoms with E-state index in [1.54, 1.807) is 0 Å². The lowest BCUT2D eigenvalue weighted by Crippen LogP contribution is -2.65. The van der Waals surface area contributed by atoms with Crippen molar-refractivity contribution in [2.24, 2.45) is 0 Å². The molecule has 2 fully saturated rings. The van der Waals surface area contributed by atoms with Crippen LogP contribution in [-0.4, -0.2) is 89.0 Å². The number of amides is 2. The van der Waals surface area contributed by atoms with E-state index < -0.39 is 5.54 Å². The summed E-state index contributed by atoms with van der Waals surface area (Å²) in [7, 11) is 2.16. The van der Waals surface area contributed by atoms with Crippen LogP contribution in [0.2, 0.25) is 0 Å². The molecule has 2 amide bonds. The maximum atomic E-state index is 13.8. The normalized spacial score (nSPS) is 25.1. The zero-order chi connectivity index (χ0) is 23.9. The Morgan fingerprint density at radius 2 is 1.85 bits per heavy atom. The Kier molecular flexibility index (Phi) is 6.46. The standard InChI is InChI=1S/C26H39N5O3/c1-19-16-21-23(34-19)17-22-24(32)31(11-7-10-29-14-12-28(3)13-15-29)26(2,18-30(21)22)25(33)27-20-8-5-4-6-9-20/h16-17,20H,4-15,18H2,1-3H3,(H,27,33)/t26-/m1/s1. The lowest BCUT2D eigenvalue weighted by Gasteiger charge is -2.45. The number of fused-ring (bicyclic) bond motifs is 3. The highest BCUT2D eigenvalue weighted by Crippen LogP contribution is 2.34. The molecule has 34 heavy (non-hydrogen) atoms. The number of hydrogen-bond acceptors (Lipinski definition) is 5. The van der Waals surface area contributed by atoms with Crippen molar-refractivity contribution in [2.75, 3.05) is 46.3 Å². The van der Waals surface area contributed by atoms with Crippen LogP contribution in [0, 0.1) is 6.92 Å². The molecule has 186 valence electrons. The van der Waals surface area contributed by atoms with Crippen molar-refractivity contribution in [3.8, 4) is 0 Å². The first-order chi connectivity index (χ1) is 16.3. The Balaban J connectivity index is 1.38. The number of furan rings is 1. The third kappa shape index (κ3) is 4.38. The average Bonchev–Trinajstić information content (AvgIpc) is 3.34. The monoisotopic (exact) mass is 469 g/mol. The number of carbonyl (C=O) groups is 2. The number of piperazine rings is 1. The molecule has 0 radical (unpaired) electrons. The fourth-order valence-corrected chi connectivity index (χ4v) is 5.92. The van der Waals surface area contributed by atoms with Gasteiger partial charge in [0.05, 0.1) is 12.1 Å². The quantitative estimate of drug-likeness (QED) is 0.704. The van der Waals surface area contributed by atoms with E-state index in [0.29, 0.717) is 18.8 Å². The number of likely N-dealkylation sites (N-methyl/N-ethyl adjacent to an activating group) is 1. The van der Waals surface area contributed by atoms with Gasteiger partial charge in [0.15, 0.2) is 5.58 Å². The smallest absolute Gasteiger partial charge is 0.271 e. The van der Waals surface area contributed by atoms with Crippen LogP contribution in [0.15, 0.2) is 16.5 Å².